The van der Waals surface area contributed by atoms with E-state index in [1.165, 1.54) is 0 Å². The first-order chi connectivity index (χ1) is 16.5. The maximum Gasteiger partial charge on any atom is 0.338 e. The molecule has 5 rings (SSSR count). The predicted octanol–water partition coefficient (Wildman–Crippen LogP) is 4.49. The minimum Gasteiger partial charge on any atom is -0.454 e. The largest absolute Gasteiger partial charge is 0.454 e. The number of hydrogen-bond donors (Lipinski definition) is 1. The number of aromatic nitrogens is 4. The van der Waals surface area contributed by atoms with Gasteiger partial charge in [-0.25, -0.2) is 4.79 Å². The SMILES string of the molecule is CC1=C(C(=O)O[C@@H](C)c2ccccc2)C(c2ccc(N(C)C)c3ccccc23)n2nnnc2N1. The molecular weight excluding hydrogens is 428 g/mol. The highest BCUT2D eigenvalue weighted by molar-refractivity contribution is 5.99. The number of carbonyl (C=O) groups excluding carboxylic acids is 1. The van der Waals surface area contributed by atoms with Gasteiger partial charge in [-0.1, -0.05) is 65.8 Å². The number of hydrogen-bond acceptors (Lipinski definition) is 7. The van der Waals surface area contributed by atoms with Gasteiger partial charge in [-0.3, -0.25) is 0 Å². The van der Waals surface area contributed by atoms with E-state index >= 15 is 0 Å². The number of tetrazole rings is 1. The van der Waals surface area contributed by atoms with Gasteiger partial charge in [-0.2, -0.15) is 4.68 Å². The fourth-order valence-electron chi connectivity index (χ4n) is 4.52. The van der Waals surface area contributed by atoms with Crippen molar-refractivity contribution in [2.75, 3.05) is 24.3 Å². The van der Waals surface area contributed by atoms with Crippen molar-refractivity contribution in [3.8, 4) is 0 Å². The molecule has 1 unspecified atom stereocenters. The van der Waals surface area contributed by atoms with E-state index in [1.54, 1.807) is 4.68 Å². The van der Waals surface area contributed by atoms with Gasteiger partial charge in [0.1, 0.15) is 12.1 Å². The number of fused-ring (bicyclic) bond motifs is 2. The molecule has 2 heterocycles. The Labute approximate surface area is 197 Å². The lowest BCUT2D eigenvalue weighted by Gasteiger charge is -2.29. The Morgan fingerprint density at radius 1 is 1.03 bits per heavy atom. The van der Waals surface area contributed by atoms with Crippen molar-refractivity contribution in [3.63, 3.8) is 0 Å². The quantitative estimate of drug-likeness (QED) is 0.445. The van der Waals surface area contributed by atoms with Crippen molar-refractivity contribution in [3.05, 3.63) is 89.1 Å². The second-order valence-corrected chi connectivity index (χ2v) is 8.59. The standard InChI is InChI=1S/C26H26N6O2/c1-16-23(25(33)34-17(2)18-10-6-5-7-11-18)24(32-26(27-16)28-29-30-32)21-14-15-22(31(3)4)20-13-9-8-12-19(20)21/h5-15,17,24H,1-4H3,(H,27,28,30)/t17-,24?/m0/s1. The maximum absolute atomic E-state index is 13.6. The van der Waals surface area contributed by atoms with Gasteiger partial charge in [0.25, 0.3) is 0 Å². The lowest BCUT2D eigenvalue weighted by Crippen LogP contribution is -2.30. The Hall–Kier alpha value is -4.20. The van der Waals surface area contributed by atoms with E-state index in [2.05, 4.69) is 43.9 Å². The highest BCUT2D eigenvalue weighted by atomic mass is 16.5. The van der Waals surface area contributed by atoms with Gasteiger partial charge in [-0.15, -0.1) is 0 Å². The van der Waals surface area contributed by atoms with Crippen LogP contribution in [0.4, 0.5) is 11.6 Å². The third kappa shape index (κ3) is 3.67. The van der Waals surface area contributed by atoms with Crippen molar-refractivity contribution in [1.82, 2.24) is 20.2 Å². The fraction of sp³-hybridized carbons (Fsp3) is 0.231. The first-order valence-corrected chi connectivity index (χ1v) is 11.2. The molecule has 1 aliphatic heterocycles. The summed E-state index contributed by atoms with van der Waals surface area (Å²) in [5.41, 5.74) is 4.09. The summed E-state index contributed by atoms with van der Waals surface area (Å²) in [6, 6.07) is 21.4. The molecule has 1 N–H and O–H groups in total. The number of benzene rings is 3. The third-order valence-corrected chi connectivity index (χ3v) is 6.20. The van der Waals surface area contributed by atoms with E-state index in [9.17, 15) is 4.79 Å². The van der Waals surface area contributed by atoms with E-state index in [0.717, 1.165) is 27.6 Å². The summed E-state index contributed by atoms with van der Waals surface area (Å²) >= 11 is 0. The Morgan fingerprint density at radius 2 is 1.74 bits per heavy atom. The van der Waals surface area contributed by atoms with Crippen molar-refractivity contribution in [2.24, 2.45) is 0 Å². The number of nitrogens with one attached hydrogen (secondary N) is 1. The molecule has 0 bridgehead atoms. The van der Waals surface area contributed by atoms with Gasteiger partial charge in [-0.05, 0) is 46.9 Å². The summed E-state index contributed by atoms with van der Waals surface area (Å²) in [4.78, 5) is 15.7. The molecule has 2 atom stereocenters. The van der Waals surface area contributed by atoms with Gasteiger partial charge >= 0.3 is 5.97 Å². The van der Waals surface area contributed by atoms with Crippen molar-refractivity contribution >= 4 is 28.4 Å². The summed E-state index contributed by atoms with van der Waals surface area (Å²) in [5.74, 6) is 0.0733. The molecule has 0 saturated carbocycles. The van der Waals surface area contributed by atoms with Crippen molar-refractivity contribution in [1.29, 1.82) is 0 Å². The number of anilines is 2. The zero-order valence-corrected chi connectivity index (χ0v) is 19.6. The van der Waals surface area contributed by atoms with Gasteiger partial charge < -0.3 is 15.0 Å². The average molecular weight is 455 g/mol. The van der Waals surface area contributed by atoms with Crippen LogP contribution in [0.15, 0.2) is 78.0 Å². The molecule has 0 aliphatic carbocycles. The highest BCUT2D eigenvalue weighted by Crippen LogP contribution is 2.40. The molecular formula is C26H26N6O2. The lowest BCUT2D eigenvalue weighted by atomic mass is 9.91. The van der Waals surface area contributed by atoms with Crippen LogP contribution in [0.25, 0.3) is 10.8 Å². The molecule has 8 nitrogen and oxygen atoms in total. The molecule has 172 valence electrons. The minimum absolute atomic E-state index is 0.405. The van der Waals surface area contributed by atoms with Gasteiger partial charge in [0, 0.05) is 30.9 Å². The van der Waals surface area contributed by atoms with Crippen molar-refractivity contribution in [2.45, 2.75) is 26.0 Å². The van der Waals surface area contributed by atoms with Crippen LogP contribution in [0.5, 0.6) is 0 Å². The van der Waals surface area contributed by atoms with E-state index in [-0.39, 0.29) is 0 Å². The molecule has 0 fully saturated rings. The number of allylic oxidation sites excluding steroid dienone is 1. The van der Waals surface area contributed by atoms with Crippen LogP contribution >= 0.6 is 0 Å². The van der Waals surface area contributed by atoms with E-state index in [4.69, 9.17) is 4.74 Å². The maximum atomic E-state index is 13.6. The molecule has 3 aromatic carbocycles. The summed E-state index contributed by atoms with van der Waals surface area (Å²) in [7, 11) is 4.03. The lowest BCUT2D eigenvalue weighted by molar-refractivity contribution is -0.144. The van der Waals surface area contributed by atoms with Crippen LogP contribution in [0.2, 0.25) is 0 Å². The monoisotopic (exact) mass is 454 g/mol. The normalized spacial score (nSPS) is 16.1. The molecule has 0 amide bonds. The minimum atomic E-state index is -0.539. The number of esters is 1. The zero-order chi connectivity index (χ0) is 23.8. The van der Waals surface area contributed by atoms with Crippen LogP contribution in [-0.2, 0) is 9.53 Å². The highest BCUT2D eigenvalue weighted by Gasteiger charge is 2.36. The third-order valence-electron chi connectivity index (χ3n) is 6.20. The molecule has 1 aromatic heterocycles. The smallest absolute Gasteiger partial charge is 0.338 e. The number of ether oxygens (including phenoxy) is 1. The van der Waals surface area contributed by atoms with E-state index in [1.807, 2.05) is 76.5 Å². The Morgan fingerprint density at radius 3 is 2.47 bits per heavy atom. The first kappa shape index (κ1) is 21.6. The Balaban J connectivity index is 1.63. The molecule has 0 saturated heterocycles. The summed E-state index contributed by atoms with van der Waals surface area (Å²) < 4.78 is 7.58. The fourth-order valence-corrected chi connectivity index (χ4v) is 4.52. The molecule has 1 aliphatic rings. The molecule has 0 spiro atoms. The van der Waals surface area contributed by atoms with Gasteiger partial charge in [0.2, 0.25) is 5.95 Å². The Bertz CT molecular complexity index is 1390. The van der Waals surface area contributed by atoms with E-state index in [0.29, 0.717) is 17.2 Å². The molecule has 34 heavy (non-hydrogen) atoms. The second-order valence-electron chi connectivity index (χ2n) is 8.59. The van der Waals surface area contributed by atoms with Crippen LogP contribution in [0, 0.1) is 0 Å². The number of carbonyl (C=O) groups is 1. The first-order valence-electron chi connectivity index (χ1n) is 11.2. The van der Waals surface area contributed by atoms with Gasteiger partial charge in [0.15, 0.2) is 0 Å². The Kier molecular flexibility index (Phi) is 5.49. The topological polar surface area (TPSA) is 85.2 Å². The number of rotatable bonds is 5. The molecule has 4 aromatic rings. The summed E-state index contributed by atoms with van der Waals surface area (Å²) in [6.45, 7) is 3.73. The second kappa shape index (κ2) is 8.62. The van der Waals surface area contributed by atoms with Crippen molar-refractivity contribution < 1.29 is 9.53 Å². The summed E-state index contributed by atoms with van der Waals surface area (Å²) in [6.07, 6.45) is -0.405. The summed E-state index contributed by atoms with van der Waals surface area (Å²) in [5, 5.41) is 17.5. The molecule has 8 heteroatoms. The zero-order valence-electron chi connectivity index (χ0n) is 19.6. The average Bonchev–Trinajstić information content (AvgIpc) is 3.31. The van der Waals surface area contributed by atoms with Crippen LogP contribution in [0.1, 0.15) is 37.1 Å². The predicted molar refractivity (Wildman–Crippen MR) is 132 cm³/mol. The van der Waals surface area contributed by atoms with E-state index < -0.39 is 18.1 Å². The number of nitrogens with zero attached hydrogens (tertiary/aromatic N) is 5. The molecule has 0 radical (unpaired) electrons. The van der Waals surface area contributed by atoms with Crippen LogP contribution in [0.3, 0.4) is 0 Å². The van der Waals surface area contributed by atoms with Gasteiger partial charge in [0.05, 0.1) is 5.57 Å². The van der Waals surface area contributed by atoms with Crippen LogP contribution < -0.4 is 10.2 Å². The van der Waals surface area contributed by atoms with Crippen LogP contribution in [-0.4, -0.2) is 40.3 Å².